The molecule has 1 amide bonds. The molecule has 0 aromatic heterocycles. The van der Waals surface area contributed by atoms with Crippen LogP contribution in [0.2, 0.25) is 0 Å². The Balaban J connectivity index is 1.96. The summed E-state index contributed by atoms with van der Waals surface area (Å²) in [6.45, 7) is 2.96. The fourth-order valence-corrected chi connectivity index (χ4v) is 2.50. The van der Waals surface area contributed by atoms with Crippen molar-refractivity contribution in [3.8, 4) is 0 Å². The van der Waals surface area contributed by atoms with Gasteiger partial charge in [0.15, 0.2) is 0 Å². The molecule has 0 unspecified atom stereocenters. The van der Waals surface area contributed by atoms with Gasteiger partial charge >= 0.3 is 0 Å². The van der Waals surface area contributed by atoms with E-state index in [0.717, 1.165) is 29.4 Å². The van der Waals surface area contributed by atoms with Crippen molar-refractivity contribution in [3.05, 3.63) is 34.3 Å². The zero-order valence-electron chi connectivity index (χ0n) is 9.87. The van der Waals surface area contributed by atoms with Crippen LogP contribution in [0.3, 0.4) is 0 Å². The number of hydrogen-bond donors (Lipinski definition) is 2. The van der Waals surface area contributed by atoms with Gasteiger partial charge in [0, 0.05) is 4.47 Å². The number of carbonyl (C=O) groups excluding carboxylic acids is 1. The molecule has 2 atom stereocenters. The fourth-order valence-electron chi connectivity index (χ4n) is 2.08. The van der Waals surface area contributed by atoms with Gasteiger partial charge in [-0.2, -0.15) is 0 Å². The summed E-state index contributed by atoms with van der Waals surface area (Å²) >= 11 is 3.44. The molecule has 0 aliphatic carbocycles. The first-order valence-electron chi connectivity index (χ1n) is 5.96. The molecule has 1 aromatic rings. The summed E-state index contributed by atoms with van der Waals surface area (Å²) in [5, 5.41) is 6.25. The van der Waals surface area contributed by atoms with E-state index in [-0.39, 0.29) is 18.0 Å². The van der Waals surface area contributed by atoms with Crippen molar-refractivity contribution in [1.82, 2.24) is 10.6 Å². The highest BCUT2D eigenvalue weighted by molar-refractivity contribution is 9.10. The van der Waals surface area contributed by atoms with E-state index in [4.69, 9.17) is 0 Å². The number of halogens is 1. The second-order valence-corrected chi connectivity index (χ2v) is 5.35. The fraction of sp³-hybridized carbons (Fsp3) is 0.462. The zero-order chi connectivity index (χ0) is 12.3. The molecule has 0 saturated carbocycles. The molecule has 3 nitrogen and oxygen atoms in total. The van der Waals surface area contributed by atoms with Gasteiger partial charge in [0.1, 0.15) is 0 Å². The van der Waals surface area contributed by atoms with E-state index in [0.29, 0.717) is 0 Å². The molecule has 2 rings (SSSR count). The van der Waals surface area contributed by atoms with E-state index in [2.05, 4.69) is 26.6 Å². The first-order chi connectivity index (χ1) is 8.16. The van der Waals surface area contributed by atoms with Crippen molar-refractivity contribution in [1.29, 1.82) is 0 Å². The van der Waals surface area contributed by atoms with E-state index >= 15 is 0 Å². The van der Waals surface area contributed by atoms with Gasteiger partial charge in [0.05, 0.1) is 12.1 Å². The quantitative estimate of drug-likeness (QED) is 0.899. The normalized spacial score (nSPS) is 21.2. The molecule has 92 valence electrons. The van der Waals surface area contributed by atoms with Crippen molar-refractivity contribution in [2.45, 2.75) is 31.8 Å². The maximum absolute atomic E-state index is 11.9. The minimum Gasteiger partial charge on any atom is -0.348 e. The van der Waals surface area contributed by atoms with Crippen molar-refractivity contribution >= 4 is 21.8 Å². The Morgan fingerprint density at radius 3 is 3.06 bits per heavy atom. The lowest BCUT2D eigenvalue weighted by atomic mass is 10.1. The molecule has 1 aliphatic rings. The van der Waals surface area contributed by atoms with Crippen molar-refractivity contribution < 1.29 is 4.79 Å². The number of benzene rings is 1. The van der Waals surface area contributed by atoms with Crippen LogP contribution in [-0.2, 0) is 4.79 Å². The summed E-state index contributed by atoms with van der Waals surface area (Å²) in [7, 11) is 0. The minimum absolute atomic E-state index is 0.00963. The van der Waals surface area contributed by atoms with Gasteiger partial charge < -0.3 is 10.6 Å². The van der Waals surface area contributed by atoms with Crippen molar-refractivity contribution in [2.24, 2.45) is 0 Å². The molecule has 17 heavy (non-hydrogen) atoms. The topological polar surface area (TPSA) is 41.1 Å². The molecular formula is C13H17BrN2O. The molecule has 1 fully saturated rings. The van der Waals surface area contributed by atoms with Crippen LogP contribution in [-0.4, -0.2) is 18.5 Å². The van der Waals surface area contributed by atoms with Crippen LogP contribution in [0, 0.1) is 0 Å². The molecule has 0 radical (unpaired) electrons. The number of carbonyl (C=O) groups is 1. The molecule has 0 spiro atoms. The highest BCUT2D eigenvalue weighted by atomic mass is 79.9. The average molecular weight is 297 g/mol. The third-order valence-corrected chi connectivity index (χ3v) is 3.58. The van der Waals surface area contributed by atoms with Gasteiger partial charge in [-0.1, -0.05) is 28.1 Å². The van der Waals surface area contributed by atoms with Gasteiger partial charge in [-0.25, -0.2) is 0 Å². The van der Waals surface area contributed by atoms with Crippen LogP contribution in [0.25, 0.3) is 0 Å². The smallest absolute Gasteiger partial charge is 0.237 e. The summed E-state index contributed by atoms with van der Waals surface area (Å²) in [4.78, 5) is 11.9. The van der Waals surface area contributed by atoms with Crippen LogP contribution < -0.4 is 10.6 Å². The van der Waals surface area contributed by atoms with Crippen molar-refractivity contribution in [2.75, 3.05) is 6.54 Å². The number of nitrogens with one attached hydrogen (secondary N) is 2. The predicted octanol–water partition coefficient (Wildman–Crippen LogP) is 2.38. The van der Waals surface area contributed by atoms with E-state index < -0.39 is 0 Å². The highest BCUT2D eigenvalue weighted by Gasteiger charge is 2.23. The number of hydrogen-bond acceptors (Lipinski definition) is 2. The first kappa shape index (κ1) is 12.6. The monoisotopic (exact) mass is 296 g/mol. The zero-order valence-corrected chi connectivity index (χ0v) is 11.5. The molecule has 2 N–H and O–H groups in total. The lowest BCUT2D eigenvalue weighted by Crippen LogP contribution is -2.41. The highest BCUT2D eigenvalue weighted by Crippen LogP contribution is 2.18. The molecule has 1 saturated heterocycles. The molecule has 1 aliphatic heterocycles. The summed E-state index contributed by atoms with van der Waals surface area (Å²) in [5.41, 5.74) is 1.12. The molecule has 1 heterocycles. The third kappa shape index (κ3) is 3.30. The largest absolute Gasteiger partial charge is 0.348 e. The Bertz CT molecular complexity index is 402. The van der Waals surface area contributed by atoms with E-state index in [1.165, 1.54) is 0 Å². The lowest BCUT2D eigenvalue weighted by molar-refractivity contribution is -0.123. The Hall–Kier alpha value is -0.870. The van der Waals surface area contributed by atoms with Crippen molar-refractivity contribution in [3.63, 3.8) is 0 Å². The second kappa shape index (κ2) is 5.65. The second-order valence-electron chi connectivity index (χ2n) is 4.43. The van der Waals surface area contributed by atoms with E-state index in [1.54, 1.807) is 0 Å². The van der Waals surface area contributed by atoms with Crippen LogP contribution in [0.5, 0.6) is 0 Å². The van der Waals surface area contributed by atoms with Gasteiger partial charge in [-0.3, -0.25) is 4.79 Å². The predicted molar refractivity (Wildman–Crippen MR) is 71.7 cm³/mol. The van der Waals surface area contributed by atoms with E-state index in [9.17, 15) is 4.79 Å². The summed E-state index contributed by atoms with van der Waals surface area (Å²) in [6.07, 6.45) is 2.03. The molecule has 1 aromatic carbocycles. The van der Waals surface area contributed by atoms with E-state index in [1.807, 2.05) is 31.2 Å². The number of amides is 1. The number of rotatable bonds is 3. The SMILES string of the molecule is C[C@@H](NC(=O)[C@@H]1CCCN1)c1cccc(Br)c1. The summed E-state index contributed by atoms with van der Waals surface area (Å²) in [5.74, 6) is 0.106. The lowest BCUT2D eigenvalue weighted by Gasteiger charge is -2.17. The van der Waals surface area contributed by atoms with Crippen LogP contribution in [0.4, 0.5) is 0 Å². The average Bonchev–Trinajstić information content (AvgIpc) is 2.82. The van der Waals surface area contributed by atoms with Crippen LogP contribution in [0.15, 0.2) is 28.7 Å². The maximum atomic E-state index is 11.9. The summed E-state index contributed by atoms with van der Waals surface area (Å²) < 4.78 is 1.04. The Morgan fingerprint density at radius 2 is 2.41 bits per heavy atom. The maximum Gasteiger partial charge on any atom is 0.237 e. The third-order valence-electron chi connectivity index (χ3n) is 3.08. The molecular weight excluding hydrogens is 280 g/mol. The van der Waals surface area contributed by atoms with Gasteiger partial charge in [0.25, 0.3) is 0 Å². The first-order valence-corrected chi connectivity index (χ1v) is 6.75. The Labute approximate surface area is 110 Å². The molecule has 4 heteroatoms. The van der Waals surface area contributed by atoms with Gasteiger partial charge in [-0.15, -0.1) is 0 Å². The van der Waals surface area contributed by atoms with Gasteiger partial charge in [-0.05, 0) is 44.0 Å². The summed E-state index contributed by atoms with van der Waals surface area (Å²) in [6, 6.07) is 8.06. The minimum atomic E-state index is -0.00963. The van der Waals surface area contributed by atoms with Gasteiger partial charge in [0.2, 0.25) is 5.91 Å². The standard InChI is InChI=1S/C13H17BrN2O/c1-9(10-4-2-5-11(14)8-10)16-13(17)12-6-3-7-15-12/h2,4-5,8-9,12,15H,3,6-7H2,1H3,(H,16,17)/t9-,12+/m1/s1. The van der Waals surface area contributed by atoms with Crippen LogP contribution >= 0.6 is 15.9 Å². The Morgan fingerprint density at radius 1 is 1.59 bits per heavy atom. The molecule has 0 bridgehead atoms. The van der Waals surface area contributed by atoms with Crippen LogP contribution in [0.1, 0.15) is 31.4 Å². The Kier molecular flexibility index (Phi) is 4.18.